The number of amides is 1. The Morgan fingerprint density at radius 3 is 3.08 bits per heavy atom. The van der Waals surface area contributed by atoms with Crippen molar-refractivity contribution in [1.29, 1.82) is 0 Å². The first-order valence-corrected chi connectivity index (χ1v) is 8.12. The van der Waals surface area contributed by atoms with Gasteiger partial charge in [-0.1, -0.05) is 5.21 Å². The molecular weight excluding hydrogens is 306 g/mol. The van der Waals surface area contributed by atoms with Gasteiger partial charge in [0.25, 0.3) is 5.91 Å². The molecule has 1 saturated heterocycles. The van der Waals surface area contributed by atoms with Gasteiger partial charge in [-0.2, -0.15) is 0 Å². The van der Waals surface area contributed by atoms with Gasteiger partial charge in [0.2, 0.25) is 0 Å². The molecule has 0 radical (unpaired) electrons. The van der Waals surface area contributed by atoms with Crippen molar-refractivity contribution >= 4 is 11.6 Å². The van der Waals surface area contributed by atoms with Crippen molar-refractivity contribution in [2.45, 2.75) is 25.4 Å². The van der Waals surface area contributed by atoms with Gasteiger partial charge in [-0.25, -0.2) is 9.67 Å². The topological polar surface area (TPSA) is 89.1 Å². The van der Waals surface area contributed by atoms with Crippen LogP contribution in [0, 0.1) is 0 Å². The highest BCUT2D eigenvalue weighted by molar-refractivity contribution is 5.91. The van der Waals surface area contributed by atoms with Crippen LogP contribution in [-0.4, -0.2) is 43.4 Å². The summed E-state index contributed by atoms with van der Waals surface area (Å²) in [5.74, 6) is -0.210. The highest BCUT2D eigenvalue weighted by Gasteiger charge is 2.18. The first-order valence-electron chi connectivity index (χ1n) is 8.12. The number of aromatic nitrogens is 5. The van der Waals surface area contributed by atoms with Crippen LogP contribution in [0.2, 0.25) is 0 Å². The minimum Gasteiger partial charge on any atom is -0.347 e. The number of hydrogen-bond donors (Lipinski definition) is 2. The summed E-state index contributed by atoms with van der Waals surface area (Å²) in [4.78, 5) is 16.5. The summed E-state index contributed by atoms with van der Waals surface area (Å²) in [6, 6.07) is 4.23. The third-order valence-electron chi connectivity index (χ3n) is 4.34. The third-order valence-corrected chi connectivity index (χ3v) is 4.34. The van der Waals surface area contributed by atoms with Gasteiger partial charge in [-0.3, -0.25) is 4.79 Å². The Kier molecular flexibility index (Phi) is 3.96. The fourth-order valence-corrected chi connectivity index (χ4v) is 2.97. The molecule has 24 heavy (non-hydrogen) atoms. The van der Waals surface area contributed by atoms with Crippen LogP contribution in [0.4, 0.5) is 0 Å². The Bertz CT molecular complexity index is 847. The van der Waals surface area contributed by atoms with E-state index in [0.717, 1.165) is 37.1 Å². The van der Waals surface area contributed by atoms with Crippen molar-refractivity contribution in [2.24, 2.45) is 0 Å². The summed E-state index contributed by atoms with van der Waals surface area (Å²) >= 11 is 0. The molecule has 1 fully saturated rings. The number of nitrogens with one attached hydrogen (secondary N) is 2. The minimum atomic E-state index is -0.210. The average molecular weight is 325 g/mol. The van der Waals surface area contributed by atoms with Crippen molar-refractivity contribution in [3.05, 3.63) is 48.2 Å². The molecule has 3 aromatic rings. The monoisotopic (exact) mass is 325 g/mol. The van der Waals surface area contributed by atoms with E-state index in [0.29, 0.717) is 18.3 Å². The summed E-state index contributed by atoms with van der Waals surface area (Å²) in [7, 11) is 0. The number of carbonyl (C=O) groups is 1. The number of pyridine rings is 1. The number of hydrogen-bond acceptors (Lipinski definition) is 5. The second-order valence-corrected chi connectivity index (χ2v) is 5.98. The van der Waals surface area contributed by atoms with E-state index in [1.54, 1.807) is 12.4 Å². The van der Waals surface area contributed by atoms with E-state index in [1.807, 2.05) is 33.6 Å². The van der Waals surface area contributed by atoms with Gasteiger partial charge in [-0.15, -0.1) is 5.10 Å². The maximum atomic E-state index is 12.3. The fourth-order valence-electron chi connectivity index (χ4n) is 2.97. The predicted octanol–water partition coefficient (Wildman–Crippen LogP) is 0.780. The number of rotatable bonds is 4. The Balaban J connectivity index is 1.39. The molecule has 3 aromatic heterocycles. The zero-order valence-corrected chi connectivity index (χ0v) is 13.2. The first kappa shape index (κ1) is 14.8. The Morgan fingerprint density at radius 1 is 1.33 bits per heavy atom. The predicted molar refractivity (Wildman–Crippen MR) is 87.5 cm³/mol. The number of piperidine rings is 1. The number of carbonyl (C=O) groups excluding carboxylic acids is 1. The molecule has 8 heteroatoms. The molecule has 1 amide bonds. The van der Waals surface area contributed by atoms with Crippen molar-refractivity contribution in [2.75, 3.05) is 13.1 Å². The molecule has 0 saturated carbocycles. The lowest BCUT2D eigenvalue weighted by Gasteiger charge is -2.22. The van der Waals surface area contributed by atoms with Gasteiger partial charge in [-0.05, 0) is 43.6 Å². The normalized spacial score (nSPS) is 15.7. The van der Waals surface area contributed by atoms with E-state index in [2.05, 4.69) is 25.9 Å². The maximum absolute atomic E-state index is 12.3. The maximum Gasteiger partial charge on any atom is 0.273 e. The highest BCUT2D eigenvalue weighted by atomic mass is 16.2. The molecule has 0 spiro atoms. The van der Waals surface area contributed by atoms with Crippen molar-refractivity contribution in [3.8, 4) is 0 Å². The van der Waals surface area contributed by atoms with Gasteiger partial charge in [0.1, 0.15) is 5.65 Å². The zero-order chi connectivity index (χ0) is 16.4. The Labute approximate surface area is 138 Å². The van der Waals surface area contributed by atoms with Crippen LogP contribution in [0.3, 0.4) is 0 Å². The third kappa shape index (κ3) is 3.00. The molecular formula is C16H19N7O. The smallest absolute Gasteiger partial charge is 0.273 e. The molecule has 0 aliphatic carbocycles. The van der Waals surface area contributed by atoms with E-state index >= 15 is 0 Å². The lowest BCUT2D eigenvalue weighted by molar-refractivity contribution is 0.0946. The average Bonchev–Trinajstić information content (AvgIpc) is 3.29. The second-order valence-electron chi connectivity index (χ2n) is 5.98. The van der Waals surface area contributed by atoms with E-state index in [-0.39, 0.29) is 5.91 Å². The van der Waals surface area contributed by atoms with Gasteiger partial charge >= 0.3 is 0 Å². The van der Waals surface area contributed by atoms with E-state index < -0.39 is 0 Å². The summed E-state index contributed by atoms with van der Waals surface area (Å²) in [5.41, 5.74) is 2.21. The van der Waals surface area contributed by atoms with Crippen LogP contribution in [0.25, 0.3) is 5.65 Å². The number of fused-ring (bicyclic) bond motifs is 1. The van der Waals surface area contributed by atoms with Crippen LogP contribution in [0.5, 0.6) is 0 Å². The molecule has 0 bridgehead atoms. The summed E-state index contributed by atoms with van der Waals surface area (Å²) in [6.45, 7) is 2.38. The van der Waals surface area contributed by atoms with Crippen LogP contribution in [-0.2, 0) is 6.54 Å². The number of imidazole rings is 1. The van der Waals surface area contributed by atoms with Crippen molar-refractivity contribution < 1.29 is 4.79 Å². The Hall–Kier alpha value is -2.74. The minimum absolute atomic E-state index is 0.210. The first-order chi connectivity index (χ1) is 11.8. The van der Waals surface area contributed by atoms with Crippen molar-refractivity contribution in [3.63, 3.8) is 0 Å². The van der Waals surface area contributed by atoms with E-state index in [1.165, 1.54) is 0 Å². The SMILES string of the molecule is O=C(NCc1ccn2ccnc2c1)c1cn(C2CCNCC2)nn1. The second kappa shape index (κ2) is 6.40. The fraction of sp³-hybridized carbons (Fsp3) is 0.375. The molecule has 1 aliphatic rings. The van der Waals surface area contributed by atoms with Crippen LogP contribution in [0.1, 0.15) is 34.9 Å². The van der Waals surface area contributed by atoms with Gasteiger partial charge in [0.15, 0.2) is 5.69 Å². The molecule has 4 rings (SSSR count). The summed E-state index contributed by atoms with van der Waals surface area (Å²) in [6.07, 6.45) is 9.32. The van der Waals surface area contributed by atoms with Crippen LogP contribution >= 0.6 is 0 Å². The lowest BCUT2D eigenvalue weighted by Crippen LogP contribution is -2.29. The molecule has 0 aromatic carbocycles. The zero-order valence-electron chi connectivity index (χ0n) is 13.2. The largest absolute Gasteiger partial charge is 0.347 e. The van der Waals surface area contributed by atoms with Crippen LogP contribution < -0.4 is 10.6 Å². The quantitative estimate of drug-likeness (QED) is 0.740. The van der Waals surface area contributed by atoms with Crippen LogP contribution in [0.15, 0.2) is 36.9 Å². The molecule has 8 nitrogen and oxygen atoms in total. The highest BCUT2D eigenvalue weighted by Crippen LogP contribution is 2.17. The standard InChI is InChI=1S/C16H19N7O/c24-16(14-11-23(21-20-14)13-1-4-17-5-2-13)19-10-12-3-7-22-8-6-18-15(22)9-12/h3,6-9,11,13,17H,1-2,4-5,10H2,(H,19,24). The lowest BCUT2D eigenvalue weighted by atomic mass is 10.1. The molecule has 0 unspecified atom stereocenters. The van der Waals surface area contributed by atoms with E-state index in [9.17, 15) is 4.79 Å². The summed E-state index contributed by atoms with van der Waals surface area (Å²) in [5, 5.41) is 14.3. The van der Waals surface area contributed by atoms with Crippen molar-refractivity contribution in [1.82, 2.24) is 35.0 Å². The van der Waals surface area contributed by atoms with E-state index in [4.69, 9.17) is 0 Å². The molecule has 124 valence electrons. The van der Waals surface area contributed by atoms with Gasteiger partial charge in [0.05, 0.1) is 12.2 Å². The number of nitrogens with zero attached hydrogens (tertiary/aromatic N) is 5. The summed E-state index contributed by atoms with van der Waals surface area (Å²) < 4.78 is 3.74. The van der Waals surface area contributed by atoms with Gasteiger partial charge < -0.3 is 15.0 Å². The Morgan fingerprint density at radius 2 is 2.21 bits per heavy atom. The molecule has 1 aliphatic heterocycles. The van der Waals surface area contributed by atoms with Gasteiger partial charge in [0, 0.05) is 25.1 Å². The molecule has 4 heterocycles. The molecule has 2 N–H and O–H groups in total. The molecule has 0 atom stereocenters.